The molecule has 0 saturated carbocycles. The van der Waals surface area contributed by atoms with E-state index in [-0.39, 0.29) is 4.90 Å². The van der Waals surface area contributed by atoms with Crippen LogP contribution in [0, 0.1) is 0 Å². The van der Waals surface area contributed by atoms with Gasteiger partial charge in [0, 0.05) is 41.6 Å². The van der Waals surface area contributed by atoms with E-state index in [9.17, 15) is 8.42 Å². The van der Waals surface area contributed by atoms with Gasteiger partial charge in [-0.25, -0.2) is 13.4 Å². The monoisotopic (exact) mass is 521 g/mol. The Balaban J connectivity index is 1.46. The van der Waals surface area contributed by atoms with Crippen molar-refractivity contribution in [3.8, 4) is 17.0 Å². The minimum absolute atomic E-state index is 0.185. The predicted molar refractivity (Wildman–Crippen MR) is 129 cm³/mol. The average Bonchev–Trinajstić information content (AvgIpc) is 3.29. The standard InChI is InChI=1S/C22H24BrN3O3S2/c1-3-16-4-6-17(7-5-16)19-15-30-22(24-19)25-10-12-26(13-11-25)31(27,28)21-14-18(23)8-9-20(21)29-2/h4-9,14-15H,3,10-13H2,1-2H3. The van der Waals surface area contributed by atoms with Crippen molar-refractivity contribution in [1.82, 2.24) is 9.29 Å². The zero-order valence-electron chi connectivity index (χ0n) is 17.4. The van der Waals surface area contributed by atoms with E-state index in [1.54, 1.807) is 29.5 Å². The Morgan fingerprint density at radius 1 is 1.10 bits per heavy atom. The molecule has 4 rings (SSSR count). The highest BCUT2D eigenvalue weighted by atomic mass is 79.9. The van der Waals surface area contributed by atoms with Crippen LogP contribution in [0.4, 0.5) is 5.13 Å². The summed E-state index contributed by atoms with van der Waals surface area (Å²) in [6.07, 6.45) is 1.02. The molecule has 1 aliphatic heterocycles. The number of aromatic nitrogens is 1. The third-order valence-corrected chi connectivity index (χ3v) is 8.72. The summed E-state index contributed by atoms with van der Waals surface area (Å²) in [5, 5.41) is 2.98. The molecule has 1 fully saturated rings. The van der Waals surface area contributed by atoms with Crippen LogP contribution >= 0.6 is 27.3 Å². The fraction of sp³-hybridized carbons (Fsp3) is 0.318. The minimum atomic E-state index is -3.64. The maximum atomic E-state index is 13.2. The molecule has 0 bridgehead atoms. The first-order chi connectivity index (χ1) is 14.9. The summed E-state index contributed by atoms with van der Waals surface area (Å²) in [6, 6.07) is 13.5. The molecule has 3 aromatic rings. The van der Waals surface area contributed by atoms with Gasteiger partial charge in [-0.2, -0.15) is 4.31 Å². The van der Waals surface area contributed by atoms with Crippen LogP contribution in [-0.4, -0.2) is 51.0 Å². The van der Waals surface area contributed by atoms with Gasteiger partial charge in [-0.15, -0.1) is 11.3 Å². The third kappa shape index (κ3) is 4.64. The number of ether oxygens (including phenoxy) is 1. The molecule has 0 amide bonds. The molecule has 0 unspecified atom stereocenters. The van der Waals surface area contributed by atoms with Crippen LogP contribution in [0.2, 0.25) is 0 Å². The summed E-state index contributed by atoms with van der Waals surface area (Å²) in [4.78, 5) is 7.13. The fourth-order valence-electron chi connectivity index (χ4n) is 3.56. The largest absolute Gasteiger partial charge is 0.495 e. The number of halogens is 1. The van der Waals surface area contributed by atoms with E-state index in [0.717, 1.165) is 22.8 Å². The van der Waals surface area contributed by atoms with Crippen LogP contribution in [-0.2, 0) is 16.4 Å². The van der Waals surface area contributed by atoms with Crippen molar-refractivity contribution in [2.45, 2.75) is 18.2 Å². The highest BCUT2D eigenvalue weighted by Gasteiger charge is 2.31. The molecule has 6 nitrogen and oxygen atoms in total. The Morgan fingerprint density at radius 2 is 1.81 bits per heavy atom. The zero-order valence-corrected chi connectivity index (χ0v) is 20.6. The van der Waals surface area contributed by atoms with E-state index in [0.29, 0.717) is 36.4 Å². The number of nitrogens with zero attached hydrogens (tertiary/aromatic N) is 3. The molecule has 0 atom stereocenters. The Labute approximate surface area is 195 Å². The second-order valence-electron chi connectivity index (χ2n) is 7.25. The molecule has 9 heteroatoms. The molecule has 0 aliphatic carbocycles. The van der Waals surface area contributed by atoms with Gasteiger partial charge >= 0.3 is 0 Å². The molecular weight excluding hydrogens is 498 g/mol. The van der Waals surface area contributed by atoms with Crippen LogP contribution in [0.5, 0.6) is 5.75 Å². The number of benzene rings is 2. The van der Waals surface area contributed by atoms with Crippen molar-refractivity contribution in [3.63, 3.8) is 0 Å². The molecule has 164 valence electrons. The van der Waals surface area contributed by atoms with Crippen LogP contribution in [0.3, 0.4) is 0 Å². The lowest BCUT2D eigenvalue weighted by Gasteiger charge is -2.34. The summed E-state index contributed by atoms with van der Waals surface area (Å²) >= 11 is 4.95. The highest BCUT2D eigenvalue weighted by molar-refractivity contribution is 9.10. The van der Waals surface area contributed by atoms with Gasteiger partial charge in [0.05, 0.1) is 12.8 Å². The van der Waals surface area contributed by atoms with Crippen molar-refractivity contribution < 1.29 is 13.2 Å². The Bertz CT molecular complexity index is 1150. The normalized spacial score (nSPS) is 15.3. The van der Waals surface area contributed by atoms with E-state index in [1.807, 2.05) is 0 Å². The Morgan fingerprint density at radius 3 is 2.45 bits per heavy atom. The van der Waals surface area contributed by atoms with E-state index in [2.05, 4.69) is 57.4 Å². The Kier molecular flexibility index (Phi) is 6.66. The molecule has 2 aromatic carbocycles. The molecule has 1 aromatic heterocycles. The first-order valence-corrected chi connectivity index (χ1v) is 13.2. The van der Waals surface area contributed by atoms with Gasteiger partial charge in [-0.1, -0.05) is 47.1 Å². The number of thiazole rings is 1. The maximum Gasteiger partial charge on any atom is 0.246 e. The van der Waals surface area contributed by atoms with Gasteiger partial charge in [-0.05, 0) is 30.2 Å². The van der Waals surface area contributed by atoms with E-state index >= 15 is 0 Å². The first kappa shape index (κ1) is 22.3. The summed E-state index contributed by atoms with van der Waals surface area (Å²) in [6.45, 7) is 4.13. The van der Waals surface area contributed by atoms with Crippen LogP contribution < -0.4 is 9.64 Å². The lowest BCUT2D eigenvalue weighted by atomic mass is 10.1. The van der Waals surface area contributed by atoms with Crippen molar-refractivity contribution in [3.05, 3.63) is 57.9 Å². The number of sulfonamides is 1. The first-order valence-electron chi connectivity index (χ1n) is 10.1. The molecule has 0 radical (unpaired) electrons. The van der Waals surface area contributed by atoms with E-state index < -0.39 is 10.0 Å². The van der Waals surface area contributed by atoms with Gasteiger partial charge in [0.15, 0.2) is 5.13 Å². The summed E-state index contributed by atoms with van der Waals surface area (Å²) in [5.74, 6) is 0.351. The van der Waals surface area contributed by atoms with Crippen LogP contribution in [0.15, 0.2) is 57.2 Å². The van der Waals surface area contributed by atoms with E-state index in [4.69, 9.17) is 9.72 Å². The van der Waals surface area contributed by atoms with Gasteiger partial charge < -0.3 is 9.64 Å². The summed E-state index contributed by atoms with van der Waals surface area (Å²) in [7, 11) is -2.16. The predicted octanol–water partition coefficient (Wildman–Crippen LogP) is 4.65. The van der Waals surface area contributed by atoms with Crippen molar-refractivity contribution >= 4 is 42.4 Å². The number of anilines is 1. The van der Waals surface area contributed by atoms with Gasteiger partial charge in [0.25, 0.3) is 0 Å². The smallest absolute Gasteiger partial charge is 0.246 e. The molecule has 1 saturated heterocycles. The molecule has 0 spiro atoms. The maximum absolute atomic E-state index is 13.2. The van der Waals surface area contributed by atoms with Crippen molar-refractivity contribution in [2.24, 2.45) is 0 Å². The van der Waals surface area contributed by atoms with Gasteiger partial charge in [0.2, 0.25) is 10.0 Å². The molecule has 0 N–H and O–H groups in total. The number of aryl methyl sites for hydroxylation is 1. The van der Waals surface area contributed by atoms with E-state index in [1.165, 1.54) is 17.0 Å². The number of hydrogen-bond acceptors (Lipinski definition) is 6. The quantitative estimate of drug-likeness (QED) is 0.472. The molecule has 2 heterocycles. The van der Waals surface area contributed by atoms with Crippen molar-refractivity contribution in [1.29, 1.82) is 0 Å². The van der Waals surface area contributed by atoms with Crippen molar-refractivity contribution in [2.75, 3.05) is 38.2 Å². The third-order valence-electron chi connectivity index (χ3n) is 5.40. The Hall–Kier alpha value is -1.94. The van der Waals surface area contributed by atoms with Crippen LogP contribution in [0.1, 0.15) is 12.5 Å². The number of hydrogen-bond donors (Lipinski definition) is 0. The number of rotatable bonds is 6. The lowest BCUT2D eigenvalue weighted by molar-refractivity contribution is 0.374. The molecule has 1 aliphatic rings. The highest BCUT2D eigenvalue weighted by Crippen LogP contribution is 2.32. The number of methoxy groups -OCH3 is 1. The second-order valence-corrected chi connectivity index (χ2v) is 10.9. The SMILES string of the molecule is CCc1ccc(-c2csc(N3CCN(S(=O)(=O)c4cc(Br)ccc4OC)CC3)n2)cc1. The second kappa shape index (κ2) is 9.28. The topological polar surface area (TPSA) is 62.7 Å². The van der Waals surface area contributed by atoms with Gasteiger partial charge in [-0.3, -0.25) is 0 Å². The summed E-state index contributed by atoms with van der Waals surface area (Å²) in [5.41, 5.74) is 3.36. The summed E-state index contributed by atoms with van der Waals surface area (Å²) < 4.78 is 33.9. The fourth-order valence-corrected chi connectivity index (χ4v) is 6.57. The molecule has 31 heavy (non-hydrogen) atoms. The number of piperazine rings is 1. The minimum Gasteiger partial charge on any atom is -0.495 e. The van der Waals surface area contributed by atoms with Gasteiger partial charge in [0.1, 0.15) is 10.6 Å². The lowest BCUT2D eigenvalue weighted by Crippen LogP contribution is -2.48. The average molecular weight is 522 g/mol. The van der Waals surface area contributed by atoms with Crippen LogP contribution in [0.25, 0.3) is 11.3 Å². The molecular formula is C22H24BrN3O3S2. The zero-order chi connectivity index (χ0) is 22.0.